The van der Waals surface area contributed by atoms with Gasteiger partial charge < -0.3 is 10.1 Å². The van der Waals surface area contributed by atoms with Crippen LogP contribution in [0.4, 0.5) is 0 Å². The van der Waals surface area contributed by atoms with Crippen molar-refractivity contribution in [1.29, 1.82) is 0 Å². The molecule has 1 aliphatic heterocycles. The van der Waals surface area contributed by atoms with Crippen molar-refractivity contribution in [1.82, 2.24) is 15.1 Å². The third-order valence-electron chi connectivity index (χ3n) is 6.17. The van der Waals surface area contributed by atoms with E-state index in [0.717, 1.165) is 36.5 Å². The molecule has 166 valence electrons. The molecule has 0 bridgehead atoms. The average molecular weight is 430 g/mol. The number of hydrogen-bond donors (Lipinski definition) is 1. The fraction of sp³-hybridized carbons (Fsp3) is 0.296. The Morgan fingerprint density at radius 2 is 1.53 bits per heavy atom. The van der Waals surface area contributed by atoms with Crippen molar-refractivity contribution < 1.29 is 9.53 Å². The first-order chi connectivity index (χ1) is 15.6. The Bertz CT molecular complexity index is 953. The van der Waals surface area contributed by atoms with Crippen molar-refractivity contribution in [3.05, 3.63) is 102 Å². The van der Waals surface area contributed by atoms with Crippen LogP contribution in [0.1, 0.15) is 28.8 Å². The number of nitrogens with one attached hydrogen (secondary N) is 1. The summed E-state index contributed by atoms with van der Waals surface area (Å²) in [6.07, 6.45) is 0. The van der Waals surface area contributed by atoms with E-state index in [4.69, 9.17) is 4.74 Å². The predicted molar refractivity (Wildman–Crippen MR) is 128 cm³/mol. The van der Waals surface area contributed by atoms with E-state index in [1.165, 1.54) is 5.56 Å². The number of nitrogens with zero attached hydrogens (tertiary/aromatic N) is 2. The van der Waals surface area contributed by atoms with Crippen LogP contribution in [0.3, 0.4) is 0 Å². The number of methoxy groups -OCH3 is 1. The van der Waals surface area contributed by atoms with E-state index in [1.54, 1.807) is 7.11 Å². The Labute approximate surface area is 190 Å². The van der Waals surface area contributed by atoms with Crippen LogP contribution in [0.15, 0.2) is 84.9 Å². The van der Waals surface area contributed by atoms with Gasteiger partial charge in [-0.1, -0.05) is 72.8 Å². The second-order valence-electron chi connectivity index (χ2n) is 8.33. The Morgan fingerprint density at radius 1 is 0.938 bits per heavy atom. The standard InChI is InChI=1S/C27H31N3O2/c1-29-17-18-30(19-25(29)21-13-15-24(32-2)16-14-21)20-26(31)28-27(22-9-5-3-6-10-22)23-11-7-4-8-12-23/h3-16,25,27H,17-20H2,1-2H3,(H,28,31)/t25-/m1/s1. The van der Waals surface area contributed by atoms with Crippen LogP contribution in [0.2, 0.25) is 0 Å². The molecule has 1 amide bonds. The van der Waals surface area contributed by atoms with Gasteiger partial charge in [0.25, 0.3) is 0 Å². The molecule has 1 fully saturated rings. The van der Waals surface area contributed by atoms with Gasteiger partial charge in [-0.15, -0.1) is 0 Å². The monoisotopic (exact) mass is 429 g/mol. The van der Waals surface area contributed by atoms with Gasteiger partial charge in [-0.05, 0) is 35.9 Å². The topological polar surface area (TPSA) is 44.8 Å². The summed E-state index contributed by atoms with van der Waals surface area (Å²) in [6.45, 7) is 3.00. The summed E-state index contributed by atoms with van der Waals surface area (Å²) in [5.74, 6) is 0.900. The number of amides is 1. The molecule has 3 aromatic carbocycles. The molecular weight excluding hydrogens is 398 g/mol. The van der Waals surface area contributed by atoms with E-state index in [0.29, 0.717) is 6.54 Å². The van der Waals surface area contributed by atoms with E-state index >= 15 is 0 Å². The Morgan fingerprint density at radius 3 is 2.09 bits per heavy atom. The van der Waals surface area contributed by atoms with Gasteiger partial charge in [-0.3, -0.25) is 14.6 Å². The normalized spacial score (nSPS) is 17.3. The van der Waals surface area contributed by atoms with Crippen molar-refractivity contribution in [3.63, 3.8) is 0 Å². The van der Waals surface area contributed by atoms with Gasteiger partial charge in [-0.2, -0.15) is 0 Å². The maximum absolute atomic E-state index is 13.1. The fourth-order valence-electron chi connectivity index (χ4n) is 4.32. The zero-order valence-electron chi connectivity index (χ0n) is 18.8. The van der Waals surface area contributed by atoms with Crippen molar-refractivity contribution in [3.8, 4) is 5.75 Å². The summed E-state index contributed by atoms with van der Waals surface area (Å²) in [6, 6.07) is 28.6. The highest BCUT2D eigenvalue weighted by atomic mass is 16.5. The molecule has 5 nitrogen and oxygen atoms in total. The molecule has 1 atom stereocenters. The molecular formula is C27H31N3O2. The van der Waals surface area contributed by atoms with Crippen molar-refractivity contribution >= 4 is 5.91 Å². The van der Waals surface area contributed by atoms with Crippen LogP contribution in [-0.2, 0) is 4.79 Å². The first-order valence-corrected chi connectivity index (χ1v) is 11.1. The van der Waals surface area contributed by atoms with E-state index in [-0.39, 0.29) is 18.0 Å². The van der Waals surface area contributed by atoms with Gasteiger partial charge in [0.15, 0.2) is 0 Å². The van der Waals surface area contributed by atoms with Crippen molar-refractivity contribution in [2.45, 2.75) is 12.1 Å². The summed E-state index contributed by atoms with van der Waals surface area (Å²) < 4.78 is 5.29. The minimum absolute atomic E-state index is 0.0424. The zero-order chi connectivity index (χ0) is 22.3. The van der Waals surface area contributed by atoms with E-state index in [2.05, 4.69) is 58.6 Å². The molecule has 1 heterocycles. The number of ether oxygens (including phenoxy) is 1. The van der Waals surface area contributed by atoms with Gasteiger partial charge in [0.1, 0.15) is 5.75 Å². The lowest BCUT2D eigenvalue weighted by Gasteiger charge is -2.39. The van der Waals surface area contributed by atoms with Gasteiger partial charge in [0, 0.05) is 25.7 Å². The molecule has 5 heteroatoms. The molecule has 0 aromatic heterocycles. The van der Waals surface area contributed by atoms with Gasteiger partial charge >= 0.3 is 0 Å². The molecule has 0 radical (unpaired) electrons. The average Bonchev–Trinajstić information content (AvgIpc) is 2.85. The van der Waals surface area contributed by atoms with Crippen molar-refractivity contribution in [2.75, 3.05) is 40.3 Å². The molecule has 0 spiro atoms. The Balaban J connectivity index is 1.44. The molecule has 1 aliphatic rings. The number of carbonyl (C=O) groups excluding carboxylic acids is 1. The second kappa shape index (κ2) is 10.4. The van der Waals surface area contributed by atoms with E-state index < -0.39 is 0 Å². The Hall–Kier alpha value is -3.15. The smallest absolute Gasteiger partial charge is 0.234 e. The number of rotatable bonds is 7. The largest absolute Gasteiger partial charge is 0.497 e. The molecule has 0 aliphatic carbocycles. The number of piperazine rings is 1. The SMILES string of the molecule is COc1ccc([C@H]2CN(CC(=O)NC(c3ccccc3)c3ccccc3)CCN2C)cc1. The highest BCUT2D eigenvalue weighted by molar-refractivity contribution is 5.79. The zero-order valence-corrected chi connectivity index (χ0v) is 18.8. The molecule has 3 aromatic rings. The lowest BCUT2D eigenvalue weighted by atomic mass is 9.98. The van der Waals surface area contributed by atoms with Crippen molar-refractivity contribution in [2.24, 2.45) is 0 Å². The maximum Gasteiger partial charge on any atom is 0.234 e. The van der Waals surface area contributed by atoms with Crippen LogP contribution in [0, 0.1) is 0 Å². The van der Waals surface area contributed by atoms with E-state index in [1.807, 2.05) is 48.5 Å². The minimum atomic E-state index is -0.158. The molecule has 0 unspecified atom stereocenters. The van der Waals surface area contributed by atoms with Gasteiger partial charge in [0.05, 0.1) is 19.7 Å². The summed E-state index contributed by atoms with van der Waals surface area (Å²) in [4.78, 5) is 17.7. The number of hydrogen-bond acceptors (Lipinski definition) is 4. The van der Waals surface area contributed by atoms with Crippen LogP contribution >= 0.6 is 0 Å². The highest BCUT2D eigenvalue weighted by Gasteiger charge is 2.27. The number of benzene rings is 3. The van der Waals surface area contributed by atoms with Crippen LogP contribution < -0.4 is 10.1 Å². The summed E-state index contributed by atoms with van der Waals surface area (Å²) in [5.41, 5.74) is 3.41. The third-order valence-corrected chi connectivity index (χ3v) is 6.17. The fourth-order valence-corrected chi connectivity index (χ4v) is 4.32. The molecule has 0 saturated carbocycles. The summed E-state index contributed by atoms with van der Waals surface area (Å²) in [5, 5.41) is 3.27. The Kier molecular flexibility index (Phi) is 7.20. The van der Waals surface area contributed by atoms with Crippen LogP contribution in [-0.4, -0.2) is 56.0 Å². The lowest BCUT2D eigenvalue weighted by molar-refractivity contribution is -0.123. The summed E-state index contributed by atoms with van der Waals surface area (Å²) in [7, 11) is 3.83. The first-order valence-electron chi connectivity index (χ1n) is 11.1. The predicted octanol–water partition coefficient (Wildman–Crippen LogP) is 3.89. The first kappa shape index (κ1) is 22.1. The molecule has 32 heavy (non-hydrogen) atoms. The van der Waals surface area contributed by atoms with Gasteiger partial charge in [0.2, 0.25) is 5.91 Å². The third kappa shape index (κ3) is 5.36. The minimum Gasteiger partial charge on any atom is -0.497 e. The molecule has 4 rings (SSSR count). The highest BCUT2D eigenvalue weighted by Crippen LogP contribution is 2.26. The molecule has 1 saturated heterocycles. The van der Waals surface area contributed by atoms with E-state index in [9.17, 15) is 4.79 Å². The quantitative estimate of drug-likeness (QED) is 0.619. The van der Waals surface area contributed by atoms with Crippen LogP contribution in [0.25, 0.3) is 0 Å². The molecule has 1 N–H and O–H groups in total. The van der Waals surface area contributed by atoms with Crippen LogP contribution in [0.5, 0.6) is 5.75 Å². The van der Waals surface area contributed by atoms with Gasteiger partial charge in [-0.25, -0.2) is 0 Å². The maximum atomic E-state index is 13.1. The number of likely N-dealkylation sites (N-methyl/N-ethyl adjacent to an activating group) is 1. The second-order valence-corrected chi connectivity index (χ2v) is 8.33. The number of carbonyl (C=O) groups is 1. The lowest BCUT2D eigenvalue weighted by Crippen LogP contribution is -2.50. The summed E-state index contributed by atoms with van der Waals surface area (Å²) >= 11 is 0.